The van der Waals surface area contributed by atoms with Crippen molar-refractivity contribution in [3.8, 4) is 5.75 Å². The van der Waals surface area contributed by atoms with Gasteiger partial charge in [-0.15, -0.1) is 0 Å². The Bertz CT molecular complexity index is 684. The number of ether oxygens (including phenoxy) is 1. The van der Waals surface area contributed by atoms with Gasteiger partial charge in [-0.1, -0.05) is 29.8 Å². The monoisotopic (exact) mass is 315 g/mol. The van der Waals surface area contributed by atoms with Crippen molar-refractivity contribution >= 4 is 23.2 Å². The van der Waals surface area contributed by atoms with Crippen molar-refractivity contribution in [3.05, 3.63) is 59.1 Å². The Morgan fingerprint density at radius 2 is 1.91 bits per heavy atom. The maximum atomic E-state index is 12.8. The molecular formula is C18H18ClNO2. The van der Waals surface area contributed by atoms with Crippen molar-refractivity contribution in [2.24, 2.45) is 0 Å². The number of para-hydroxylation sites is 1. The largest absolute Gasteiger partial charge is 0.481 e. The van der Waals surface area contributed by atoms with Crippen LogP contribution in [-0.4, -0.2) is 18.1 Å². The molecule has 1 aliphatic heterocycles. The summed E-state index contributed by atoms with van der Waals surface area (Å²) in [6, 6.07) is 15.2. The molecule has 0 saturated heterocycles. The molecule has 0 radical (unpaired) electrons. The number of carbonyl (C=O) groups excluding carboxylic acids is 1. The lowest BCUT2D eigenvalue weighted by molar-refractivity contribution is -0.124. The van der Waals surface area contributed by atoms with Gasteiger partial charge in [0.1, 0.15) is 5.75 Å². The summed E-state index contributed by atoms with van der Waals surface area (Å²) in [7, 11) is 0. The predicted molar refractivity (Wildman–Crippen MR) is 88.6 cm³/mol. The number of hydrogen-bond donors (Lipinski definition) is 0. The van der Waals surface area contributed by atoms with Crippen molar-refractivity contribution in [2.75, 3.05) is 4.90 Å². The van der Waals surface area contributed by atoms with E-state index in [1.807, 2.05) is 23.1 Å². The summed E-state index contributed by atoms with van der Waals surface area (Å²) < 4.78 is 5.76. The fourth-order valence-corrected chi connectivity index (χ4v) is 2.99. The van der Waals surface area contributed by atoms with Gasteiger partial charge in [0.25, 0.3) is 5.91 Å². The smallest absolute Gasteiger partial charge is 0.268 e. The third-order valence-electron chi connectivity index (χ3n) is 3.92. The van der Waals surface area contributed by atoms with Gasteiger partial charge in [-0.25, -0.2) is 0 Å². The summed E-state index contributed by atoms with van der Waals surface area (Å²) >= 11 is 5.86. The second-order valence-corrected chi connectivity index (χ2v) is 6.04. The van der Waals surface area contributed by atoms with Crippen LogP contribution in [-0.2, 0) is 11.2 Å². The van der Waals surface area contributed by atoms with Gasteiger partial charge in [-0.05, 0) is 56.2 Å². The van der Waals surface area contributed by atoms with Crippen LogP contribution < -0.4 is 9.64 Å². The maximum Gasteiger partial charge on any atom is 0.268 e. The number of amides is 1. The molecule has 0 saturated carbocycles. The molecule has 1 heterocycles. The number of nitrogens with zero attached hydrogens (tertiary/aromatic N) is 1. The Hall–Kier alpha value is -2.00. The first-order chi connectivity index (χ1) is 10.6. The summed E-state index contributed by atoms with van der Waals surface area (Å²) in [5.41, 5.74) is 2.20. The van der Waals surface area contributed by atoms with E-state index in [0.29, 0.717) is 10.8 Å². The topological polar surface area (TPSA) is 29.5 Å². The first kappa shape index (κ1) is 14.9. The quantitative estimate of drug-likeness (QED) is 0.854. The zero-order chi connectivity index (χ0) is 15.7. The van der Waals surface area contributed by atoms with E-state index in [2.05, 4.69) is 13.0 Å². The zero-order valence-corrected chi connectivity index (χ0v) is 13.4. The first-order valence-corrected chi connectivity index (χ1v) is 7.77. The highest BCUT2D eigenvalue weighted by Gasteiger charge is 2.33. The minimum absolute atomic E-state index is 0.0209. The Kier molecular flexibility index (Phi) is 4.08. The number of halogens is 1. The van der Waals surface area contributed by atoms with Crippen LogP contribution in [0.4, 0.5) is 5.69 Å². The molecule has 0 spiro atoms. The molecule has 0 aliphatic carbocycles. The van der Waals surface area contributed by atoms with E-state index in [4.69, 9.17) is 16.3 Å². The Labute approximate surface area is 135 Å². The standard InChI is InChI=1S/C18H18ClNO2/c1-12-11-14-5-3-4-6-17(14)20(12)18(21)13(2)22-16-9-7-15(19)8-10-16/h3-10,12-13H,11H2,1-2H3/t12-,13+/m0/s1. The van der Waals surface area contributed by atoms with Crippen molar-refractivity contribution in [1.29, 1.82) is 0 Å². The van der Waals surface area contributed by atoms with Gasteiger partial charge < -0.3 is 9.64 Å². The van der Waals surface area contributed by atoms with Crippen LogP contribution in [0.25, 0.3) is 0 Å². The third kappa shape index (κ3) is 2.81. The Morgan fingerprint density at radius 3 is 2.64 bits per heavy atom. The SMILES string of the molecule is C[C@@H](Oc1ccc(Cl)cc1)C(=O)N1c2ccccc2C[C@@H]1C. The number of anilines is 1. The molecule has 0 unspecified atom stereocenters. The summed E-state index contributed by atoms with van der Waals surface area (Å²) in [5.74, 6) is 0.623. The van der Waals surface area contributed by atoms with E-state index in [-0.39, 0.29) is 11.9 Å². The summed E-state index contributed by atoms with van der Waals surface area (Å²) in [4.78, 5) is 14.6. The average Bonchev–Trinajstić information content (AvgIpc) is 2.84. The van der Waals surface area contributed by atoms with E-state index in [0.717, 1.165) is 12.1 Å². The molecule has 0 N–H and O–H groups in total. The van der Waals surface area contributed by atoms with E-state index in [1.165, 1.54) is 5.56 Å². The average molecular weight is 316 g/mol. The molecule has 0 aromatic heterocycles. The first-order valence-electron chi connectivity index (χ1n) is 7.39. The zero-order valence-electron chi connectivity index (χ0n) is 12.6. The van der Waals surface area contributed by atoms with E-state index < -0.39 is 6.10 Å². The fraction of sp³-hybridized carbons (Fsp3) is 0.278. The maximum absolute atomic E-state index is 12.8. The molecule has 0 fully saturated rings. The van der Waals surface area contributed by atoms with E-state index in [1.54, 1.807) is 31.2 Å². The normalized spacial score (nSPS) is 18.0. The highest BCUT2D eigenvalue weighted by molar-refractivity contribution is 6.30. The van der Waals surface area contributed by atoms with E-state index >= 15 is 0 Å². The van der Waals surface area contributed by atoms with Gasteiger partial charge in [0, 0.05) is 16.8 Å². The number of benzene rings is 2. The molecule has 2 aromatic rings. The van der Waals surface area contributed by atoms with Gasteiger partial charge in [0.15, 0.2) is 6.10 Å². The number of hydrogen-bond acceptors (Lipinski definition) is 2. The second-order valence-electron chi connectivity index (χ2n) is 5.60. The second kappa shape index (κ2) is 6.01. The minimum Gasteiger partial charge on any atom is -0.481 e. The molecule has 0 bridgehead atoms. The van der Waals surface area contributed by atoms with Gasteiger partial charge >= 0.3 is 0 Å². The van der Waals surface area contributed by atoms with Gasteiger partial charge in [0.2, 0.25) is 0 Å². The van der Waals surface area contributed by atoms with E-state index in [9.17, 15) is 4.79 Å². The molecule has 2 atom stereocenters. The highest BCUT2D eigenvalue weighted by atomic mass is 35.5. The minimum atomic E-state index is -0.546. The lowest BCUT2D eigenvalue weighted by Gasteiger charge is -2.26. The Balaban J connectivity index is 1.77. The summed E-state index contributed by atoms with van der Waals surface area (Å²) in [5, 5.41) is 0.647. The number of rotatable bonds is 3. The fourth-order valence-electron chi connectivity index (χ4n) is 2.86. The molecule has 4 heteroatoms. The lowest BCUT2D eigenvalue weighted by Crippen LogP contribution is -2.43. The summed E-state index contributed by atoms with van der Waals surface area (Å²) in [6.45, 7) is 3.84. The van der Waals surface area contributed by atoms with Crippen molar-refractivity contribution in [3.63, 3.8) is 0 Å². The van der Waals surface area contributed by atoms with Gasteiger partial charge in [-0.3, -0.25) is 4.79 Å². The molecule has 1 aliphatic rings. The van der Waals surface area contributed by atoms with Crippen molar-refractivity contribution < 1.29 is 9.53 Å². The molecular weight excluding hydrogens is 298 g/mol. The molecule has 2 aromatic carbocycles. The Morgan fingerprint density at radius 1 is 1.23 bits per heavy atom. The van der Waals surface area contributed by atoms with Crippen LogP contribution in [0.1, 0.15) is 19.4 Å². The third-order valence-corrected chi connectivity index (χ3v) is 4.17. The molecule has 22 heavy (non-hydrogen) atoms. The van der Waals surface area contributed by atoms with Crippen LogP contribution in [0, 0.1) is 0 Å². The van der Waals surface area contributed by atoms with Crippen LogP contribution in [0.15, 0.2) is 48.5 Å². The predicted octanol–water partition coefficient (Wildman–Crippen LogP) is 4.09. The van der Waals surface area contributed by atoms with Crippen LogP contribution in [0.2, 0.25) is 5.02 Å². The van der Waals surface area contributed by atoms with Crippen LogP contribution in [0.5, 0.6) is 5.75 Å². The van der Waals surface area contributed by atoms with Crippen molar-refractivity contribution in [2.45, 2.75) is 32.4 Å². The lowest BCUT2D eigenvalue weighted by atomic mass is 10.1. The van der Waals surface area contributed by atoms with Gasteiger partial charge in [-0.2, -0.15) is 0 Å². The summed E-state index contributed by atoms with van der Waals surface area (Å²) in [6.07, 6.45) is 0.338. The van der Waals surface area contributed by atoms with Crippen LogP contribution >= 0.6 is 11.6 Å². The highest BCUT2D eigenvalue weighted by Crippen LogP contribution is 2.32. The van der Waals surface area contributed by atoms with Gasteiger partial charge in [0.05, 0.1) is 0 Å². The molecule has 3 nitrogen and oxygen atoms in total. The number of fused-ring (bicyclic) bond motifs is 1. The molecule has 3 rings (SSSR count). The number of carbonyl (C=O) groups is 1. The van der Waals surface area contributed by atoms with Crippen LogP contribution in [0.3, 0.4) is 0 Å². The molecule has 1 amide bonds. The molecule has 114 valence electrons. The van der Waals surface area contributed by atoms with Crippen molar-refractivity contribution in [1.82, 2.24) is 0 Å².